The molecular weight excluding hydrogens is 477 g/mol. The van der Waals surface area contributed by atoms with Gasteiger partial charge in [-0.25, -0.2) is 14.6 Å². The number of halogens is 3. The predicted octanol–water partition coefficient (Wildman–Crippen LogP) is 3.00. The van der Waals surface area contributed by atoms with Crippen molar-refractivity contribution in [3.8, 4) is 22.8 Å². The monoisotopic (exact) mass is 500 g/mol. The molecule has 1 amide bonds. The molecule has 0 radical (unpaired) electrons. The Morgan fingerprint density at radius 1 is 1.08 bits per heavy atom. The molecule has 36 heavy (non-hydrogen) atoms. The van der Waals surface area contributed by atoms with Crippen molar-refractivity contribution in [1.82, 2.24) is 25.1 Å². The van der Waals surface area contributed by atoms with E-state index in [9.17, 15) is 18.0 Å². The Labute approximate surface area is 204 Å². The van der Waals surface area contributed by atoms with Gasteiger partial charge in [-0.3, -0.25) is 4.79 Å². The first-order valence-electron chi connectivity index (χ1n) is 11.8. The van der Waals surface area contributed by atoms with Gasteiger partial charge in [-0.15, -0.1) is 0 Å². The third-order valence-corrected chi connectivity index (χ3v) is 6.62. The fourth-order valence-corrected chi connectivity index (χ4v) is 4.52. The minimum absolute atomic E-state index is 0.00631. The fraction of sp³-hybridized carbons (Fsp3) is 0.417. The van der Waals surface area contributed by atoms with Crippen molar-refractivity contribution in [1.29, 1.82) is 0 Å². The second-order valence-corrected chi connectivity index (χ2v) is 9.15. The van der Waals surface area contributed by atoms with Crippen molar-refractivity contribution in [3.05, 3.63) is 47.9 Å². The Balaban J connectivity index is 1.12. The van der Waals surface area contributed by atoms with E-state index in [0.29, 0.717) is 6.42 Å². The number of ether oxygens (including phenoxy) is 2. The maximum atomic E-state index is 13.0. The maximum absolute atomic E-state index is 13.0. The van der Waals surface area contributed by atoms with E-state index < -0.39 is 18.2 Å². The van der Waals surface area contributed by atoms with Crippen molar-refractivity contribution in [2.45, 2.75) is 44.1 Å². The first-order valence-corrected chi connectivity index (χ1v) is 11.8. The second-order valence-electron chi connectivity index (χ2n) is 9.15. The summed E-state index contributed by atoms with van der Waals surface area (Å²) >= 11 is 0. The van der Waals surface area contributed by atoms with Gasteiger partial charge >= 0.3 is 6.18 Å². The molecule has 9 nitrogen and oxygen atoms in total. The van der Waals surface area contributed by atoms with Gasteiger partial charge in [0.05, 0.1) is 6.04 Å². The summed E-state index contributed by atoms with van der Waals surface area (Å²) in [6.45, 7) is 2.25. The molecule has 12 heteroatoms. The summed E-state index contributed by atoms with van der Waals surface area (Å²) in [7, 11) is 0. The Morgan fingerprint density at radius 3 is 2.61 bits per heavy atom. The molecule has 1 N–H and O–H groups in total. The van der Waals surface area contributed by atoms with Crippen molar-refractivity contribution in [3.63, 3.8) is 0 Å². The van der Waals surface area contributed by atoms with Gasteiger partial charge in [-0.2, -0.15) is 18.3 Å². The standard InChI is InChI=1S/C24H23F3N6O3/c25-24(26,27)20-4-7-33-21(36-20)10-18(31-33)22(34)30-17-9-15-8-14(2-3-19(15)35-13-17)16-11-28-23(29-12-16)32-5-1-6-32/h2-3,8,10-12,17,20H,1,4-7,9,13H2,(H,30,34)/t17-,20?/m1/s1. The number of benzene rings is 1. The minimum Gasteiger partial charge on any atom is -0.491 e. The molecule has 3 aromatic rings. The summed E-state index contributed by atoms with van der Waals surface area (Å²) in [6, 6.07) is 6.75. The summed E-state index contributed by atoms with van der Waals surface area (Å²) in [5.74, 6) is 0.916. The van der Waals surface area contributed by atoms with Crippen LogP contribution in [0.4, 0.5) is 19.1 Å². The van der Waals surface area contributed by atoms with Crippen LogP contribution in [0.2, 0.25) is 0 Å². The third-order valence-electron chi connectivity index (χ3n) is 6.62. The van der Waals surface area contributed by atoms with Crippen LogP contribution in [0.15, 0.2) is 36.7 Å². The number of nitrogens with zero attached hydrogens (tertiary/aromatic N) is 5. The highest BCUT2D eigenvalue weighted by Gasteiger charge is 2.44. The zero-order valence-corrected chi connectivity index (χ0v) is 19.2. The average Bonchev–Trinajstić information content (AvgIpc) is 3.26. The number of carbonyl (C=O) groups is 1. The quantitative estimate of drug-likeness (QED) is 0.589. The van der Waals surface area contributed by atoms with Crippen molar-refractivity contribution >= 4 is 11.9 Å². The lowest BCUT2D eigenvalue weighted by atomic mass is 9.98. The number of rotatable bonds is 4. The molecule has 1 aromatic carbocycles. The number of aryl methyl sites for hydroxylation is 1. The zero-order valence-electron chi connectivity index (χ0n) is 19.2. The lowest BCUT2D eigenvalue weighted by Crippen LogP contribution is -2.42. The second kappa shape index (κ2) is 8.68. The fourth-order valence-electron chi connectivity index (χ4n) is 4.52. The van der Waals surface area contributed by atoms with Crippen LogP contribution in [0.25, 0.3) is 11.1 Å². The summed E-state index contributed by atoms with van der Waals surface area (Å²) in [6.07, 6.45) is -1.32. The molecule has 2 aromatic heterocycles. The van der Waals surface area contributed by atoms with Crippen LogP contribution >= 0.6 is 0 Å². The molecule has 6 rings (SSSR count). The summed E-state index contributed by atoms with van der Waals surface area (Å²) in [5, 5.41) is 6.99. The number of nitrogens with one attached hydrogen (secondary N) is 1. The van der Waals surface area contributed by atoms with E-state index in [1.807, 2.05) is 18.2 Å². The first-order chi connectivity index (χ1) is 17.3. The Bertz CT molecular complexity index is 1290. The van der Waals surface area contributed by atoms with E-state index in [2.05, 4.69) is 25.3 Å². The molecular formula is C24H23F3N6O3. The zero-order chi connectivity index (χ0) is 24.9. The lowest BCUT2D eigenvalue weighted by molar-refractivity contribution is -0.203. The minimum atomic E-state index is -4.47. The van der Waals surface area contributed by atoms with E-state index in [0.717, 1.165) is 47.9 Å². The van der Waals surface area contributed by atoms with Crippen LogP contribution < -0.4 is 19.7 Å². The van der Waals surface area contributed by atoms with Gasteiger partial charge in [0, 0.05) is 50.1 Å². The van der Waals surface area contributed by atoms with Gasteiger partial charge in [0.2, 0.25) is 11.8 Å². The highest BCUT2D eigenvalue weighted by atomic mass is 19.4. The van der Waals surface area contributed by atoms with E-state index in [4.69, 9.17) is 9.47 Å². The van der Waals surface area contributed by atoms with Gasteiger partial charge in [0.25, 0.3) is 5.91 Å². The molecule has 0 spiro atoms. The van der Waals surface area contributed by atoms with E-state index in [-0.39, 0.29) is 37.2 Å². The van der Waals surface area contributed by atoms with Crippen molar-refractivity contribution in [2.75, 3.05) is 24.6 Å². The molecule has 1 fully saturated rings. The van der Waals surface area contributed by atoms with Crippen LogP contribution in [0.1, 0.15) is 28.9 Å². The van der Waals surface area contributed by atoms with Gasteiger partial charge in [0.15, 0.2) is 11.8 Å². The molecule has 0 saturated carbocycles. The molecule has 2 atom stereocenters. The molecule has 188 valence electrons. The molecule has 5 heterocycles. The molecule has 3 aliphatic rings. The molecule has 1 saturated heterocycles. The lowest BCUT2D eigenvalue weighted by Gasteiger charge is -2.30. The Hall–Kier alpha value is -3.83. The van der Waals surface area contributed by atoms with Crippen LogP contribution in [0, 0.1) is 0 Å². The van der Waals surface area contributed by atoms with Gasteiger partial charge in [-0.1, -0.05) is 6.07 Å². The third kappa shape index (κ3) is 4.31. The van der Waals surface area contributed by atoms with Gasteiger partial charge < -0.3 is 19.7 Å². The Kier molecular flexibility index (Phi) is 5.45. The number of alkyl halides is 3. The van der Waals surface area contributed by atoms with Gasteiger partial charge in [0.1, 0.15) is 12.4 Å². The molecule has 0 bridgehead atoms. The van der Waals surface area contributed by atoms with E-state index >= 15 is 0 Å². The number of fused-ring (bicyclic) bond motifs is 2. The number of amides is 1. The van der Waals surface area contributed by atoms with Crippen LogP contribution in [-0.2, 0) is 13.0 Å². The topological polar surface area (TPSA) is 94.4 Å². The number of hydrogen-bond acceptors (Lipinski definition) is 7. The molecule has 3 aliphatic heterocycles. The largest absolute Gasteiger partial charge is 0.491 e. The van der Waals surface area contributed by atoms with Gasteiger partial charge in [-0.05, 0) is 36.1 Å². The highest BCUT2D eigenvalue weighted by molar-refractivity contribution is 5.92. The number of anilines is 1. The average molecular weight is 500 g/mol. The van der Waals surface area contributed by atoms with Crippen LogP contribution in [-0.4, -0.2) is 63.7 Å². The summed E-state index contributed by atoms with van der Waals surface area (Å²) in [5.41, 5.74) is 2.76. The molecule has 0 aliphatic carbocycles. The maximum Gasteiger partial charge on any atom is 0.425 e. The SMILES string of the molecule is O=C(N[C@H]1COc2ccc(-c3cnc(N4CCC4)nc3)cc2C1)c1cc2n(n1)CCC(C(F)(F)F)O2. The summed E-state index contributed by atoms with van der Waals surface area (Å²) < 4.78 is 51.1. The highest BCUT2D eigenvalue weighted by Crippen LogP contribution is 2.33. The Morgan fingerprint density at radius 2 is 1.89 bits per heavy atom. The number of aromatic nitrogens is 4. The number of hydrogen-bond donors (Lipinski definition) is 1. The van der Waals surface area contributed by atoms with E-state index in [1.165, 1.54) is 10.7 Å². The predicted molar refractivity (Wildman–Crippen MR) is 122 cm³/mol. The van der Waals surface area contributed by atoms with E-state index in [1.54, 1.807) is 12.4 Å². The smallest absolute Gasteiger partial charge is 0.425 e. The van der Waals surface area contributed by atoms with Crippen LogP contribution in [0.3, 0.4) is 0 Å². The normalized spacial score (nSPS) is 20.9. The van der Waals surface area contributed by atoms with Crippen molar-refractivity contribution in [2.24, 2.45) is 0 Å². The van der Waals surface area contributed by atoms with Crippen molar-refractivity contribution < 1.29 is 27.4 Å². The summed E-state index contributed by atoms with van der Waals surface area (Å²) in [4.78, 5) is 23.8. The molecule has 1 unspecified atom stereocenters. The first kappa shape index (κ1) is 22.6. The number of carbonyl (C=O) groups excluding carboxylic acids is 1. The van der Waals surface area contributed by atoms with Crippen LogP contribution in [0.5, 0.6) is 11.6 Å².